The molecule has 90 valence electrons. The zero-order valence-electron chi connectivity index (χ0n) is 9.72. The molecule has 2 rings (SSSR count). The Hall–Kier alpha value is -1.10. The van der Waals surface area contributed by atoms with Crippen LogP contribution < -0.4 is 5.76 Å². The molecule has 5 nitrogen and oxygen atoms in total. The Kier molecular flexibility index (Phi) is 3.14. The van der Waals surface area contributed by atoms with Gasteiger partial charge in [-0.1, -0.05) is 13.3 Å². The van der Waals surface area contributed by atoms with Crippen LogP contribution in [0.4, 0.5) is 0 Å². The lowest BCUT2D eigenvalue weighted by atomic mass is 9.81. The second kappa shape index (κ2) is 4.41. The molecule has 16 heavy (non-hydrogen) atoms. The van der Waals surface area contributed by atoms with Crippen molar-refractivity contribution in [1.29, 1.82) is 0 Å². The molecular weight excluding hydrogens is 208 g/mol. The minimum absolute atomic E-state index is 0.0151. The quantitative estimate of drug-likeness (QED) is 0.824. The van der Waals surface area contributed by atoms with Crippen molar-refractivity contribution >= 4 is 0 Å². The Morgan fingerprint density at radius 1 is 1.56 bits per heavy atom. The average Bonchev–Trinajstić information content (AvgIpc) is 2.57. The van der Waals surface area contributed by atoms with Crippen LogP contribution in [0.3, 0.4) is 0 Å². The molecule has 3 unspecified atom stereocenters. The highest BCUT2D eigenvalue weighted by atomic mass is 16.4. The third kappa shape index (κ3) is 2.04. The van der Waals surface area contributed by atoms with E-state index in [9.17, 15) is 9.90 Å². The van der Waals surface area contributed by atoms with Gasteiger partial charge in [0.25, 0.3) is 0 Å². The molecule has 0 aromatic carbocycles. The van der Waals surface area contributed by atoms with Crippen LogP contribution in [-0.2, 0) is 0 Å². The molecule has 1 fully saturated rings. The van der Waals surface area contributed by atoms with Crippen molar-refractivity contribution in [3.05, 3.63) is 16.4 Å². The predicted octanol–water partition coefficient (Wildman–Crippen LogP) is 1.26. The molecule has 1 N–H and O–H groups in total. The first-order valence-corrected chi connectivity index (χ1v) is 5.86. The fraction of sp³-hybridized carbons (Fsp3) is 0.818. The Balaban J connectivity index is 2.29. The first-order chi connectivity index (χ1) is 7.61. The monoisotopic (exact) mass is 226 g/mol. The van der Waals surface area contributed by atoms with Gasteiger partial charge in [-0.05, 0) is 25.2 Å². The van der Waals surface area contributed by atoms with Gasteiger partial charge >= 0.3 is 5.76 Å². The van der Waals surface area contributed by atoms with E-state index in [1.54, 1.807) is 6.92 Å². The summed E-state index contributed by atoms with van der Waals surface area (Å²) >= 11 is 0. The summed E-state index contributed by atoms with van der Waals surface area (Å²) in [5.41, 5.74) is 0. The fourth-order valence-electron chi connectivity index (χ4n) is 2.56. The van der Waals surface area contributed by atoms with Gasteiger partial charge in [0.2, 0.25) is 5.89 Å². The van der Waals surface area contributed by atoms with E-state index in [0.717, 1.165) is 19.3 Å². The summed E-state index contributed by atoms with van der Waals surface area (Å²) in [5, 5.41) is 13.8. The number of hydrogen-bond acceptors (Lipinski definition) is 4. The molecule has 0 spiro atoms. The van der Waals surface area contributed by atoms with Crippen LogP contribution in [0, 0.1) is 12.8 Å². The van der Waals surface area contributed by atoms with Gasteiger partial charge in [0.05, 0.1) is 12.1 Å². The lowest BCUT2D eigenvalue weighted by Gasteiger charge is -2.32. The summed E-state index contributed by atoms with van der Waals surface area (Å²) < 4.78 is 6.32. The topological polar surface area (TPSA) is 68.3 Å². The maximum atomic E-state index is 11.6. The SMILES string of the molecule is CCC1CCC(O)CC1n1nc(C)oc1=O. The zero-order chi connectivity index (χ0) is 11.7. The molecule has 1 aliphatic rings. The number of aromatic nitrogens is 2. The van der Waals surface area contributed by atoms with Crippen LogP contribution in [0.5, 0.6) is 0 Å². The molecule has 1 aliphatic carbocycles. The number of nitrogens with zero attached hydrogens (tertiary/aromatic N) is 2. The summed E-state index contributed by atoms with van der Waals surface area (Å²) in [5.74, 6) is 0.389. The van der Waals surface area contributed by atoms with Crippen molar-refractivity contribution in [2.45, 2.75) is 51.7 Å². The standard InChI is InChI=1S/C11H18N2O3/c1-3-8-4-5-9(14)6-10(8)13-11(15)16-7(2)12-13/h8-10,14H,3-6H2,1-2H3. The number of hydrogen-bond donors (Lipinski definition) is 1. The van der Waals surface area contributed by atoms with Crippen molar-refractivity contribution in [3.63, 3.8) is 0 Å². The van der Waals surface area contributed by atoms with Gasteiger partial charge in [0.15, 0.2) is 0 Å². The second-order valence-corrected chi connectivity index (χ2v) is 4.53. The maximum absolute atomic E-state index is 11.6. The van der Waals surface area contributed by atoms with Crippen LogP contribution in [0.15, 0.2) is 9.21 Å². The number of aryl methyl sites for hydroxylation is 1. The Labute approximate surface area is 94.1 Å². The summed E-state index contributed by atoms with van der Waals surface area (Å²) in [6, 6.07) is -0.0151. The number of aliphatic hydroxyl groups excluding tert-OH is 1. The van der Waals surface area contributed by atoms with Gasteiger partial charge in [0.1, 0.15) is 0 Å². The van der Waals surface area contributed by atoms with Crippen LogP contribution in [0.25, 0.3) is 0 Å². The van der Waals surface area contributed by atoms with Gasteiger partial charge in [-0.15, -0.1) is 5.10 Å². The first kappa shape index (κ1) is 11.4. The van der Waals surface area contributed by atoms with Gasteiger partial charge < -0.3 is 9.52 Å². The average molecular weight is 226 g/mol. The predicted molar refractivity (Wildman–Crippen MR) is 58.2 cm³/mol. The molecule has 1 heterocycles. The zero-order valence-corrected chi connectivity index (χ0v) is 9.72. The second-order valence-electron chi connectivity index (χ2n) is 4.53. The molecule has 0 radical (unpaired) electrons. The Bertz CT molecular complexity index is 410. The summed E-state index contributed by atoms with van der Waals surface area (Å²) in [6.45, 7) is 3.77. The molecular formula is C11H18N2O3. The van der Waals surface area contributed by atoms with Crippen LogP contribution >= 0.6 is 0 Å². The highest BCUT2D eigenvalue weighted by Gasteiger charge is 2.32. The fourth-order valence-corrected chi connectivity index (χ4v) is 2.56. The largest absolute Gasteiger partial charge is 0.437 e. The molecule has 1 aromatic heterocycles. The Morgan fingerprint density at radius 2 is 2.31 bits per heavy atom. The minimum atomic E-state index is -0.407. The van der Waals surface area contributed by atoms with Crippen molar-refractivity contribution in [2.75, 3.05) is 0 Å². The third-order valence-electron chi connectivity index (χ3n) is 3.44. The molecule has 5 heteroatoms. The van der Waals surface area contributed by atoms with Crippen LogP contribution in [0.1, 0.15) is 44.5 Å². The minimum Gasteiger partial charge on any atom is -0.393 e. The normalized spacial score (nSPS) is 30.6. The van der Waals surface area contributed by atoms with Crippen LogP contribution in [0.2, 0.25) is 0 Å². The lowest BCUT2D eigenvalue weighted by Crippen LogP contribution is -2.34. The first-order valence-electron chi connectivity index (χ1n) is 5.86. The third-order valence-corrected chi connectivity index (χ3v) is 3.44. The molecule has 3 atom stereocenters. The number of rotatable bonds is 2. The summed E-state index contributed by atoms with van der Waals surface area (Å²) in [6.07, 6.45) is 3.04. The molecule has 0 amide bonds. The van der Waals surface area contributed by atoms with E-state index in [0.29, 0.717) is 18.2 Å². The van der Waals surface area contributed by atoms with Gasteiger partial charge in [-0.3, -0.25) is 0 Å². The van der Waals surface area contributed by atoms with Gasteiger partial charge in [0, 0.05) is 6.92 Å². The highest BCUT2D eigenvalue weighted by Crippen LogP contribution is 2.34. The smallest absolute Gasteiger partial charge is 0.393 e. The van der Waals surface area contributed by atoms with E-state index in [-0.39, 0.29) is 12.1 Å². The molecule has 1 aromatic rings. The van der Waals surface area contributed by atoms with Crippen molar-refractivity contribution in [3.8, 4) is 0 Å². The lowest BCUT2D eigenvalue weighted by molar-refractivity contribution is 0.0643. The van der Waals surface area contributed by atoms with Crippen molar-refractivity contribution in [1.82, 2.24) is 9.78 Å². The van der Waals surface area contributed by atoms with E-state index >= 15 is 0 Å². The molecule has 0 aliphatic heterocycles. The summed E-state index contributed by atoms with van der Waals surface area (Å²) in [4.78, 5) is 11.6. The van der Waals surface area contributed by atoms with Gasteiger partial charge in [-0.2, -0.15) is 4.68 Å². The summed E-state index contributed by atoms with van der Waals surface area (Å²) in [7, 11) is 0. The Morgan fingerprint density at radius 3 is 2.88 bits per heavy atom. The highest BCUT2D eigenvalue weighted by molar-refractivity contribution is 4.84. The molecule has 1 saturated carbocycles. The van der Waals surface area contributed by atoms with E-state index in [1.165, 1.54) is 4.68 Å². The number of aliphatic hydroxyl groups is 1. The van der Waals surface area contributed by atoms with Gasteiger partial charge in [-0.25, -0.2) is 4.79 Å². The van der Waals surface area contributed by atoms with E-state index < -0.39 is 5.76 Å². The van der Waals surface area contributed by atoms with E-state index in [1.807, 2.05) is 0 Å². The van der Waals surface area contributed by atoms with Crippen LogP contribution in [-0.4, -0.2) is 21.0 Å². The van der Waals surface area contributed by atoms with Crippen molar-refractivity contribution < 1.29 is 9.52 Å². The molecule has 0 saturated heterocycles. The molecule has 0 bridgehead atoms. The van der Waals surface area contributed by atoms with E-state index in [4.69, 9.17) is 4.42 Å². The maximum Gasteiger partial charge on any atom is 0.437 e. The van der Waals surface area contributed by atoms with E-state index in [2.05, 4.69) is 12.0 Å². The van der Waals surface area contributed by atoms with Crippen molar-refractivity contribution in [2.24, 2.45) is 5.92 Å².